The molecule has 1 aromatic carbocycles. The van der Waals surface area contributed by atoms with E-state index in [0.717, 1.165) is 5.56 Å². The molecule has 0 N–H and O–H groups in total. The average molecular weight is 152 g/mol. The Balaban J connectivity index is 2.84. The van der Waals surface area contributed by atoms with Gasteiger partial charge in [-0.3, -0.25) is 4.57 Å². The first-order valence-corrected chi connectivity index (χ1v) is 4.10. The van der Waals surface area contributed by atoms with Crippen molar-refractivity contribution in [2.24, 2.45) is 0 Å². The summed E-state index contributed by atoms with van der Waals surface area (Å²) >= 11 is 0. The predicted molar refractivity (Wildman–Crippen MR) is 42.5 cm³/mol. The van der Waals surface area contributed by atoms with Crippen LogP contribution in [0.15, 0.2) is 30.3 Å². The maximum Gasteiger partial charge on any atom is 0.163 e. The molecule has 0 amide bonds. The van der Waals surface area contributed by atoms with Crippen molar-refractivity contribution in [2.75, 3.05) is 0 Å². The molecule has 0 saturated carbocycles. The van der Waals surface area contributed by atoms with Crippen LogP contribution in [0.25, 0.3) is 0 Å². The minimum absolute atomic E-state index is 0.126. The van der Waals surface area contributed by atoms with E-state index in [9.17, 15) is 4.57 Å². The molecule has 10 heavy (non-hydrogen) atoms. The molecule has 0 heterocycles. The maximum absolute atomic E-state index is 10.4. The highest BCUT2D eigenvalue weighted by molar-refractivity contribution is 7.24. The SMILES string of the molecule is CC(P=O)c1ccccc1. The van der Waals surface area contributed by atoms with Gasteiger partial charge in [0.05, 0.1) is 5.66 Å². The van der Waals surface area contributed by atoms with Gasteiger partial charge >= 0.3 is 0 Å². The standard InChI is InChI=1S/C8H9OP/c1-7(10-9)8-5-3-2-4-6-8/h2-7H,1H3. The van der Waals surface area contributed by atoms with Crippen molar-refractivity contribution >= 4 is 8.46 Å². The summed E-state index contributed by atoms with van der Waals surface area (Å²) in [6.07, 6.45) is 0. The Morgan fingerprint density at radius 3 is 2.40 bits per heavy atom. The first-order valence-electron chi connectivity index (χ1n) is 3.22. The lowest BCUT2D eigenvalue weighted by molar-refractivity contribution is 0.593. The Morgan fingerprint density at radius 2 is 1.90 bits per heavy atom. The molecule has 1 unspecified atom stereocenters. The van der Waals surface area contributed by atoms with Gasteiger partial charge in [-0.25, -0.2) is 0 Å². The summed E-state index contributed by atoms with van der Waals surface area (Å²) in [7, 11) is 0.193. The quantitative estimate of drug-likeness (QED) is 0.595. The molecule has 0 saturated heterocycles. The molecule has 0 aliphatic heterocycles. The zero-order valence-corrected chi connectivity index (χ0v) is 6.71. The van der Waals surface area contributed by atoms with Crippen LogP contribution < -0.4 is 0 Å². The molecule has 0 aliphatic rings. The summed E-state index contributed by atoms with van der Waals surface area (Å²) in [5.74, 6) is 0. The third-order valence-corrected chi connectivity index (χ3v) is 2.05. The van der Waals surface area contributed by atoms with Crippen molar-refractivity contribution in [3.05, 3.63) is 35.9 Å². The number of rotatable bonds is 2. The summed E-state index contributed by atoms with van der Waals surface area (Å²) in [5.41, 5.74) is 1.25. The fraction of sp³-hybridized carbons (Fsp3) is 0.250. The van der Waals surface area contributed by atoms with Gasteiger partial charge in [-0.2, -0.15) is 0 Å². The molecule has 0 aliphatic carbocycles. The lowest BCUT2D eigenvalue weighted by atomic mass is 10.2. The molecule has 0 bridgehead atoms. The van der Waals surface area contributed by atoms with Crippen molar-refractivity contribution in [2.45, 2.75) is 12.6 Å². The Bertz CT molecular complexity index is 208. The third kappa shape index (κ3) is 1.65. The van der Waals surface area contributed by atoms with Gasteiger partial charge < -0.3 is 0 Å². The molecule has 1 nitrogen and oxygen atoms in total. The van der Waals surface area contributed by atoms with E-state index in [4.69, 9.17) is 0 Å². The van der Waals surface area contributed by atoms with Crippen molar-refractivity contribution in [1.82, 2.24) is 0 Å². The zero-order chi connectivity index (χ0) is 7.40. The number of benzene rings is 1. The Labute approximate surface area is 62.3 Å². The fourth-order valence-electron chi connectivity index (χ4n) is 0.792. The molecule has 0 fully saturated rings. The summed E-state index contributed by atoms with van der Waals surface area (Å²) in [6.45, 7) is 1.93. The minimum atomic E-state index is 0.126. The lowest BCUT2D eigenvalue weighted by Gasteiger charge is -1.99. The van der Waals surface area contributed by atoms with E-state index in [2.05, 4.69) is 0 Å². The molecular weight excluding hydrogens is 143 g/mol. The van der Waals surface area contributed by atoms with Gasteiger partial charge in [0.15, 0.2) is 8.46 Å². The van der Waals surface area contributed by atoms with Crippen LogP contribution in [0, 0.1) is 0 Å². The molecular formula is C8H9OP. The smallest absolute Gasteiger partial charge is 0.163 e. The second-order valence-corrected chi connectivity index (χ2v) is 3.18. The summed E-state index contributed by atoms with van der Waals surface area (Å²) < 4.78 is 10.4. The molecule has 0 aromatic heterocycles. The van der Waals surface area contributed by atoms with Crippen LogP contribution in [0.5, 0.6) is 0 Å². The first kappa shape index (κ1) is 7.43. The molecule has 0 spiro atoms. The first-order chi connectivity index (χ1) is 4.84. The van der Waals surface area contributed by atoms with Crippen LogP contribution in [0.3, 0.4) is 0 Å². The van der Waals surface area contributed by atoms with Gasteiger partial charge in [-0.15, -0.1) is 0 Å². The van der Waals surface area contributed by atoms with Crippen LogP contribution >= 0.6 is 8.46 Å². The van der Waals surface area contributed by atoms with Crippen LogP contribution in [0.1, 0.15) is 18.1 Å². The van der Waals surface area contributed by atoms with Gasteiger partial charge in [0.2, 0.25) is 0 Å². The van der Waals surface area contributed by atoms with Crippen LogP contribution in [-0.2, 0) is 4.57 Å². The van der Waals surface area contributed by atoms with Crippen molar-refractivity contribution in [3.8, 4) is 0 Å². The average Bonchev–Trinajstić information content (AvgIpc) is 2.05. The summed E-state index contributed by atoms with van der Waals surface area (Å²) in [4.78, 5) is 0. The van der Waals surface area contributed by atoms with Gasteiger partial charge in [-0.05, 0) is 12.5 Å². The predicted octanol–water partition coefficient (Wildman–Crippen LogP) is 3.04. The minimum Gasteiger partial charge on any atom is -0.274 e. The van der Waals surface area contributed by atoms with E-state index in [-0.39, 0.29) is 14.1 Å². The van der Waals surface area contributed by atoms with Gasteiger partial charge in [0.25, 0.3) is 0 Å². The Kier molecular flexibility index (Phi) is 2.58. The zero-order valence-electron chi connectivity index (χ0n) is 5.82. The highest BCUT2D eigenvalue weighted by atomic mass is 31.1. The van der Waals surface area contributed by atoms with Crippen LogP contribution in [0.4, 0.5) is 0 Å². The van der Waals surface area contributed by atoms with Crippen LogP contribution in [-0.4, -0.2) is 0 Å². The van der Waals surface area contributed by atoms with E-state index in [0.29, 0.717) is 0 Å². The highest BCUT2D eigenvalue weighted by Crippen LogP contribution is 2.24. The summed E-state index contributed by atoms with van der Waals surface area (Å²) in [6, 6.07) is 9.83. The van der Waals surface area contributed by atoms with E-state index < -0.39 is 0 Å². The number of hydrogen-bond donors (Lipinski definition) is 0. The van der Waals surface area contributed by atoms with E-state index >= 15 is 0 Å². The third-order valence-electron chi connectivity index (χ3n) is 1.44. The molecule has 1 rings (SSSR count). The topological polar surface area (TPSA) is 17.1 Å². The van der Waals surface area contributed by atoms with E-state index in [1.807, 2.05) is 37.3 Å². The fourth-order valence-corrected chi connectivity index (χ4v) is 1.09. The van der Waals surface area contributed by atoms with Gasteiger partial charge in [-0.1, -0.05) is 30.3 Å². The second-order valence-electron chi connectivity index (χ2n) is 2.19. The van der Waals surface area contributed by atoms with Crippen molar-refractivity contribution in [1.29, 1.82) is 0 Å². The molecule has 1 aromatic rings. The lowest BCUT2D eigenvalue weighted by Crippen LogP contribution is -1.80. The molecule has 1 atom stereocenters. The Morgan fingerprint density at radius 1 is 1.30 bits per heavy atom. The van der Waals surface area contributed by atoms with Crippen molar-refractivity contribution < 1.29 is 4.57 Å². The van der Waals surface area contributed by atoms with E-state index in [1.165, 1.54) is 0 Å². The van der Waals surface area contributed by atoms with Gasteiger partial charge in [0, 0.05) is 0 Å². The Hall–Kier alpha value is -0.680. The van der Waals surface area contributed by atoms with Crippen molar-refractivity contribution in [3.63, 3.8) is 0 Å². The van der Waals surface area contributed by atoms with Gasteiger partial charge in [0.1, 0.15) is 0 Å². The van der Waals surface area contributed by atoms with Crippen LogP contribution in [0.2, 0.25) is 0 Å². The molecule has 52 valence electrons. The number of hydrogen-bond acceptors (Lipinski definition) is 1. The largest absolute Gasteiger partial charge is 0.274 e. The van der Waals surface area contributed by atoms with E-state index in [1.54, 1.807) is 0 Å². The maximum atomic E-state index is 10.4. The highest BCUT2D eigenvalue weighted by Gasteiger charge is 2.01. The monoisotopic (exact) mass is 152 g/mol. The summed E-state index contributed by atoms with van der Waals surface area (Å²) in [5, 5.41) is 0. The molecule has 0 radical (unpaired) electrons. The normalized spacial score (nSPS) is 13.3. The molecule has 2 heteroatoms. The second kappa shape index (κ2) is 3.48.